The molecule has 2 N–H and O–H groups in total. The number of carbonyl (C=O) groups is 2. The second-order valence-electron chi connectivity index (χ2n) is 4.64. The highest BCUT2D eigenvalue weighted by molar-refractivity contribution is 9.10. The molecule has 5 nitrogen and oxygen atoms in total. The summed E-state index contributed by atoms with van der Waals surface area (Å²) in [4.78, 5) is 24.3. The first kappa shape index (κ1) is 13.9. The quantitative estimate of drug-likeness (QED) is 0.884. The van der Waals surface area contributed by atoms with Crippen molar-refractivity contribution in [1.82, 2.24) is 5.32 Å². The fourth-order valence-corrected chi connectivity index (χ4v) is 2.91. The molecular formula is C13H15BrN2O3. The third kappa shape index (κ3) is 3.26. The topological polar surface area (TPSA) is 69.6 Å². The van der Waals surface area contributed by atoms with E-state index >= 15 is 0 Å². The Kier molecular flexibility index (Phi) is 4.09. The minimum Gasteiger partial charge on any atom is -0.481 e. The summed E-state index contributed by atoms with van der Waals surface area (Å²) < 4.78 is 0.873. The number of amides is 1. The van der Waals surface area contributed by atoms with Crippen LogP contribution in [-0.4, -0.2) is 36.1 Å². The van der Waals surface area contributed by atoms with E-state index in [4.69, 9.17) is 5.11 Å². The van der Waals surface area contributed by atoms with Gasteiger partial charge in [0.1, 0.15) is 0 Å². The zero-order chi connectivity index (χ0) is 14.0. The molecule has 1 unspecified atom stereocenters. The first-order chi connectivity index (χ1) is 8.97. The van der Waals surface area contributed by atoms with E-state index in [2.05, 4.69) is 21.2 Å². The summed E-state index contributed by atoms with van der Waals surface area (Å²) in [5.74, 6) is -0.955. The SMILES string of the molecule is Cc1ccc(N2CC(=O)NCC2CC(=O)O)c(Br)c1. The lowest BCUT2D eigenvalue weighted by molar-refractivity contribution is -0.138. The molecule has 6 heteroatoms. The Morgan fingerprint density at radius 1 is 1.58 bits per heavy atom. The third-order valence-corrected chi connectivity index (χ3v) is 3.75. The second-order valence-corrected chi connectivity index (χ2v) is 5.49. The average Bonchev–Trinajstić information content (AvgIpc) is 2.31. The van der Waals surface area contributed by atoms with Gasteiger partial charge >= 0.3 is 5.97 Å². The minimum absolute atomic E-state index is 0.000592. The maximum absolute atomic E-state index is 11.5. The van der Waals surface area contributed by atoms with Gasteiger partial charge in [-0.3, -0.25) is 9.59 Å². The highest BCUT2D eigenvalue weighted by atomic mass is 79.9. The molecule has 0 aliphatic carbocycles. The van der Waals surface area contributed by atoms with E-state index in [0.717, 1.165) is 15.7 Å². The molecule has 1 heterocycles. The van der Waals surface area contributed by atoms with E-state index < -0.39 is 5.97 Å². The van der Waals surface area contributed by atoms with Crippen LogP contribution in [0.3, 0.4) is 0 Å². The monoisotopic (exact) mass is 326 g/mol. The number of nitrogens with one attached hydrogen (secondary N) is 1. The van der Waals surface area contributed by atoms with Crippen molar-refractivity contribution in [2.45, 2.75) is 19.4 Å². The van der Waals surface area contributed by atoms with Crippen molar-refractivity contribution in [2.24, 2.45) is 0 Å². The Morgan fingerprint density at radius 3 is 2.95 bits per heavy atom. The predicted octanol–water partition coefficient (Wildman–Crippen LogP) is 1.54. The van der Waals surface area contributed by atoms with Gasteiger partial charge < -0.3 is 15.3 Å². The summed E-state index contributed by atoms with van der Waals surface area (Å²) in [6, 6.07) is 5.59. The summed E-state index contributed by atoms with van der Waals surface area (Å²) in [5.41, 5.74) is 1.96. The maximum atomic E-state index is 11.5. The van der Waals surface area contributed by atoms with Crippen LogP contribution in [0.1, 0.15) is 12.0 Å². The molecule has 102 valence electrons. The van der Waals surface area contributed by atoms with Gasteiger partial charge in [-0.05, 0) is 40.5 Å². The van der Waals surface area contributed by atoms with Crippen LogP contribution >= 0.6 is 15.9 Å². The summed E-state index contributed by atoms with van der Waals surface area (Å²) >= 11 is 3.48. The Bertz CT molecular complexity index is 519. The van der Waals surface area contributed by atoms with Gasteiger partial charge in [0.25, 0.3) is 0 Å². The fourth-order valence-electron chi connectivity index (χ4n) is 2.19. The minimum atomic E-state index is -0.866. The van der Waals surface area contributed by atoms with E-state index in [1.54, 1.807) is 0 Å². The van der Waals surface area contributed by atoms with Crippen LogP contribution in [0.15, 0.2) is 22.7 Å². The van der Waals surface area contributed by atoms with Gasteiger partial charge in [0.05, 0.1) is 24.7 Å². The molecule has 1 fully saturated rings. The normalized spacial score (nSPS) is 19.2. The van der Waals surface area contributed by atoms with Gasteiger partial charge in [-0.15, -0.1) is 0 Å². The zero-order valence-electron chi connectivity index (χ0n) is 10.5. The lowest BCUT2D eigenvalue weighted by atomic mass is 10.1. The van der Waals surface area contributed by atoms with Crippen molar-refractivity contribution < 1.29 is 14.7 Å². The number of carbonyl (C=O) groups excluding carboxylic acids is 1. The molecule has 0 aromatic heterocycles. The van der Waals surface area contributed by atoms with Crippen molar-refractivity contribution in [3.63, 3.8) is 0 Å². The van der Waals surface area contributed by atoms with Crippen molar-refractivity contribution in [3.05, 3.63) is 28.2 Å². The largest absolute Gasteiger partial charge is 0.481 e. The molecule has 1 aromatic rings. The highest BCUT2D eigenvalue weighted by Crippen LogP contribution is 2.30. The Labute approximate surface area is 119 Å². The maximum Gasteiger partial charge on any atom is 0.305 e. The third-order valence-electron chi connectivity index (χ3n) is 3.11. The Hall–Kier alpha value is -1.56. The average molecular weight is 327 g/mol. The molecule has 0 radical (unpaired) electrons. The van der Waals surface area contributed by atoms with E-state index in [0.29, 0.717) is 6.54 Å². The molecule has 1 saturated heterocycles. The number of rotatable bonds is 3. The summed E-state index contributed by atoms with van der Waals surface area (Å²) in [6.45, 7) is 2.51. The molecule has 1 aliphatic rings. The standard InChI is InChI=1S/C13H15BrN2O3/c1-8-2-3-11(10(14)4-8)16-7-12(17)15-6-9(16)5-13(18)19/h2-4,9H,5-7H2,1H3,(H,15,17)(H,18,19). The number of aryl methyl sites for hydroxylation is 1. The van der Waals surface area contributed by atoms with E-state index in [1.807, 2.05) is 30.0 Å². The zero-order valence-corrected chi connectivity index (χ0v) is 12.1. The van der Waals surface area contributed by atoms with E-state index in [9.17, 15) is 9.59 Å². The number of carboxylic acid groups (broad SMARTS) is 1. The molecule has 0 spiro atoms. The number of anilines is 1. The van der Waals surface area contributed by atoms with Crippen molar-refractivity contribution in [1.29, 1.82) is 0 Å². The molecule has 19 heavy (non-hydrogen) atoms. The molecule has 0 saturated carbocycles. The number of halogens is 1. The van der Waals surface area contributed by atoms with Crippen LogP contribution in [0.5, 0.6) is 0 Å². The number of piperazine rings is 1. The van der Waals surface area contributed by atoms with Gasteiger partial charge in [-0.2, -0.15) is 0 Å². The Morgan fingerprint density at radius 2 is 2.32 bits per heavy atom. The van der Waals surface area contributed by atoms with Crippen LogP contribution in [-0.2, 0) is 9.59 Å². The second kappa shape index (κ2) is 5.61. The van der Waals surface area contributed by atoms with Gasteiger partial charge in [0.2, 0.25) is 5.91 Å². The van der Waals surface area contributed by atoms with Crippen LogP contribution in [0.25, 0.3) is 0 Å². The predicted molar refractivity (Wildman–Crippen MR) is 75.3 cm³/mol. The van der Waals surface area contributed by atoms with Crippen molar-refractivity contribution in [3.8, 4) is 0 Å². The van der Waals surface area contributed by atoms with Crippen LogP contribution in [0.2, 0.25) is 0 Å². The van der Waals surface area contributed by atoms with E-state index in [-0.39, 0.29) is 24.9 Å². The molecule has 1 aromatic carbocycles. The Balaban J connectivity index is 2.30. The molecular weight excluding hydrogens is 312 g/mol. The highest BCUT2D eigenvalue weighted by Gasteiger charge is 2.29. The van der Waals surface area contributed by atoms with Crippen molar-refractivity contribution in [2.75, 3.05) is 18.0 Å². The molecule has 0 bridgehead atoms. The number of benzene rings is 1. The van der Waals surface area contributed by atoms with Gasteiger partial charge in [0.15, 0.2) is 0 Å². The number of hydrogen-bond acceptors (Lipinski definition) is 3. The van der Waals surface area contributed by atoms with Gasteiger partial charge in [-0.1, -0.05) is 6.07 Å². The lowest BCUT2D eigenvalue weighted by Crippen LogP contribution is -2.55. The smallest absolute Gasteiger partial charge is 0.305 e. The summed E-state index contributed by atoms with van der Waals surface area (Å²) in [7, 11) is 0. The fraction of sp³-hybridized carbons (Fsp3) is 0.385. The van der Waals surface area contributed by atoms with Crippen LogP contribution < -0.4 is 10.2 Å². The van der Waals surface area contributed by atoms with E-state index in [1.165, 1.54) is 0 Å². The summed E-state index contributed by atoms with van der Waals surface area (Å²) in [5, 5.41) is 11.7. The summed E-state index contributed by atoms with van der Waals surface area (Å²) in [6.07, 6.45) is 0.000592. The van der Waals surface area contributed by atoms with Crippen LogP contribution in [0.4, 0.5) is 5.69 Å². The molecule has 2 rings (SSSR count). The number of hydrogen-bond donors (Lipinski definition) is 2. The van der Waals surface area contributed by atoms with Gasteiger partial charge in [0, 0.05) is 11.0 Å². The van der Waals surface area contributed by atoms with Gasteiger partial charge in [-0.25, -0.2) is 0 Å². The molecule has 1 amide bonds. The van der Waals surface area contributed by atoms with Crippen molar-refractivity contribution >= 4 is 33.5 Å². The number of aliphatic carboxylic acids is 1. The van der Waals surface area contributed by atoms with Crippen LogP contribution in [0, 0.1) is 6.92 Å². The number of nitrogens with zero attached hydrogens (tertiary/aromatic N) is 1. The number of carboxylic acids is 1. The molecule has 1 aliphatic heterocycles. The first-order valence-corrected chi connectivity index (χ1v) is 6.78. The molecule has 1 atom stereocenters. The lowest BCUT2D eigenvalue weighted by Gasteiger charge is -2.37. The first-order valence-electron chi connectivity index (χ1n) is 5.98.